The SMILES string of the molecule is C=CCN(CCO)S(=O)(=O)c1cc(Cl)ccc1N. The summed E-state index contributed by atoms with van der Waals surface area (Å²) in [6, 6.07) is 4.24. The highest BCUT2D eigenvalue weighted by Crippen LogP contribution is 2.25. The fourth-order valence-electron chi connectivity index (χ4n) is 1.44. The smallest absolute Gasteiger partial charge is 0.245 e. The van der Waals surface area contributed by atoms with Gasteiger partial charge in [0.25, 0.3) is 0 Å². The Bertz CT molecular complexity index is 531. The molecule has 0 aromatic heterocycles. The third-order valence-electron chi connectivity index (χ3n) is 2.28. The van der Waals surface area contributed by atoms with E-state index in [-0.39, 0.29) is 35.3 Å². The molecule has 0 saturated heterocycles. The molecule has 0 fully saturated rings. The summed E-state index contributed by atoms with van der Waals surface area (Å²) in [5.41, 5.74) is 5.77. The van der Waals surface area contributed by atoms with E-state index in [4.69, 9.17) is 22.4 Å². The Morgan fingerprint density at radius 2 is 2.17 bits per heavy atom. The highest BCUT2D eigenvalue weighted by atomic mass is 35.5. The van der Waals surface area contributed by atoms with Gasteiger partial charge in [0.2, 0.25) is 10.0 Å². The van der Waals surface area contributed by atoms with Crippen LogP contribution in [0.1, 0.15) is 0 Å². The van der Waals surface area contributed by atoms with E-state index in [2.05, 4.69) is 6.58 Å². The lowest BCUT2D eigenvalue weighted by molar-refractivity contribution is 0.260. The molecule has 0 unspecified atom stereocenters. The van der Waals surface area contributed by atoms with Gasteiger partial charge < -0.3 is 10.8 Å². The van der Waals surface area contributed by atoms with E-state index >= 15 is 0 Å². The van der Waals surface area contributed by atoms with Gasteiger partial charge in [0.1, 0.15) is 4.90 Å². The van der Waals surface area contributed by atoms with Crippen LogP contribution >= 0.6 is 11.6 Å². The second-order valence-corrected chi connectivity index (χ2v) is 5.90. The molecule has 5 nitrogen and oxygen atoms in total. The summed E-state index contributed by atoms with van der Waals surface area (Å²) in [5.74, 6) is 0. The number of sulfonamides is 1. The van der Waals surface area contributed by atoms with Crippen LogP contribution in [0.5, 0.6) is 0 Å². The molecule has 0 saturated carbocycles. The molecule has 3 N–H and O–H groups in total. The maximum Gasteiger partial charge on any atom is 0.245 e. The summed E-state index contributed by atoms with van der Waals surface area (Å²) in [5, 5.41) is 9.18. The van der Waals surface area contributed by atoms with Crippen molar-refractivity contribution in [2.75, 3.05) is 25.4 Å². The van der Waals surface area contributed by atoms with E-state index in [1.165, 1.54) is 24.3 Å². The Labute approximate surface area is 112 Å². The number of halogens is 1. The summed E-state index contributed by atoms with van der Waals surface area (Å²) in [4.78, 5) is -0.0645. The van der Waals surface area contributed by atoms with Crippen LogP contribution < -0.4 is 5.73 Å². The van der Waals surface area contributed by atoms with Gasteiger partial charge in [0.05, 0.1) is 12.3 Å². The molecule has 7 heteroatoms. The van der Waals surface area contributed by atoms with Crippen molar-refractivity contribution in [2.24, 2.45) is 0 Å². The van der Waals surface area contributed by atoms with Crippen molar-refractivity contribution in [2.45, 2.75) is 4.90 Å². The van der Waals surface area contributed by atoms with E-state index in [0.29, 0.717) is 0 Å². The minimum atomic E-state index is -3.79. The molecular formula is C11H15ClN2O3S. The van der Waals surface area contributed by atoms with Gasteiger partial charge in [0.15, 0.2) is 0 Å². The standard InChI is InChI=1S/C11H15ClN2O3S/c1-2-5-14(6-7-15)18(16,17)11-8-9(12)3-4-10(11)13/h2-4,8,15H,1,5-7,13H2. The summed E-state index contributed by atoms with van der Waals surface area (Å²) in [7, 11) is -3.79. The number of hydrogen-bond acceptors (Lipinski definition) is 4. The summed E-state index contributed by atoms with van der Waals surface area (Å²) in [6.45, 7) is 3.27. The minimum absolute atomic E-state index is 0.0275. The first kappa shape index (κ1) is 15.0. The molecule has 18 heavy (non-hydrogen) atoms. The van der Waals surface area contributed by atoms with Gasteiger partial charge in [0, 0.05) is 18.1 Å². The monoisotopic (exact) mass is 290 g/mol. The van der Waals surface area contributed by atoms with E-state index < -0.39 is 10.0 Å². The van der Waals surface area contributed by atoms with Gasteiger partial charge in [-0.1, -0.05) is 17.7 Å². The zero-order valence-corrected chi connectivity index (χ0v) is 11.3. The number of rotatable bonds is 6. The van der Waals surface area contributed by atoms with E-state index in [9.17, 15) is 8.42 Å². The lowest BCUT2D eigenvalue weighted by Crippen LogP contribution is -2.34. The predicted octanol–water partition coefficient (Wildman–Crippen LogP) is 1.09. The largest absolute Gasteiger partial charge is 0.398 e. The average molecular weight is 291 g/mol. The van der Waals surface area contributed by atoms with Gasteiger partial charge in [-0.25, -0.2) is 8.42 Å². The van der Waals surface area contributed by atoms with Crippen LogP contribution in [0.2, 0.25) is 5.02 Å². The summed E-state index contributed by atoms with van der Waals surface area (Å²) >= 11 is 5.77. The van der Waals surface area contributed by atoms with Crippen molar-refractivity contribution in [3.05, 3.63) is 35.9 Å². The van der Waals surface area contributed by atoms with E-state index in [0.717, 1.165) is 4.31 Å². The molecule has 0 spiro atoms. The summed E-state index contributed by atoms with van der Waals surface area (Å²) < 4.78 is 25.7. The van der Waals surface area contributed by atoms with Gasteiger partial charge in [-0.15, -0.1) is 6.58 Å². The van der Waals surface area contributed by atoms with Crippen LogP contribution in [0.15, 0.2) is 35.7 Å². The van der Waals surface area contributed by atoms with Crippen LogP contribution in [-0.4, -0.2) is 37.5 Å². The first-order chi connectivity index (χ1) is 8.43. The Kier molecular flexibility index (Phi) is 5.15. The van der Waals surface area contributed by atoms with Crippen LogP contribution in [0, 0.1) is 0 Å². The van der Waals surface area contributed by atoms with E-state index in [1.54, 1.807) is 0 Å². The molecule has 1 aromatic carbocycles. The molecule has 0 aliphatic rings. The average Bonchev–Trinajstić information content (AvgIpc) is 2.32. The normalized spacial score (nSPS) is 11.7. The van der Waals surface area contributed by atoms with Crippen LogP contribution in [0.4, 0.5) is 5.69 Å². The lowest BCUT2D eigenvalue weighted by atomic mass is 10.3. The number of anilines is 1. The fourth-order valence-corrected chi connectivity index (χ4v) is 3.22. The molecule has 0 radical (unpaired) electrons. The number of aliphatic hydroxyl groups is 1. The molecule has 1 aromatic rings. The van der Waals surface area contributed by atoms with Crippen LogP contribution in [0.25, 0.3) is 0 Å². The maximum absolute atomic E-state index is 12.3. The second kappa shape index (κ2) is 6.19. The quantitative estimate of drug-likeness (QED) is 0.607. The van der Waals surface area contributed by atoms with Crippen molar-refractivity contribution in [3.8, 4) is 0 Å². The number of nitrogens with two attached hydrogens (primary N) is 1. The second-order valence-electron chi connectivity index (χ2n) is 3.56. The lowest BCUT2D eigenvalue weighted by Gasteiger charge is -2.20. The molecule has 0 atom stereocenters. The number of benzene rings is 1. The number of aliphatic hydroxyl groups excluding tert-OH is 1. The Hall–Kier alpha value is -1.08. The highest BCUT2D eigenvalue weighted by molar-refractivity contribution is 7.89. The van der Waals surface area contributed by atoms with Crippen molar-refractivity contribution in [1.82, 2.24) is 4.31 Å². The van der Waals surface area contributed by atoms with Crippen LogP contribution in [0.3, 0.4) is 0 Å². The van der Waals surface area contributed by atoms with Gasteiger partial charge in [-0.2, -0.15) is 4.31 Å². The number of hydrogen-bond donors (Lipinski definition) is 2. The molecule has 0 heterocycles. The van der Waals surface area contributed by atoms with Gasteiger partial charge >= 0.3 is 0 Å². The molecule has 0 aliphatic carbocycles. The van der Waals surface area contributed by atoms with Crippen LogP contribution in [-0.2, 0) is 10.0 Å². The Morgan fingerprint density at radius 1 is 1.50 bits per heavy atom. The highest BCUT2D eigenvalue weighted by Gasteiger charge is 2.25. The molecule has 100 valence electrons. The van der Waals surface area contributed by atoms with Crippen molar-refractivity contribution < 1.29 is 13.5 Å². The third kappa shape index (κ3) is 3.23. The maximum atomic E-state index is 12.3. The number of nitrogen functional groups attached to an aromatic ring is 1. The zero-order valence-electron chi connectivity index (χ0n) is 9.71. The first-order valence-electron chi connectivity index (χ1n) is 5.20. The molecule has 0 aliphatic heterocycles. The molecule has 0 amide bonds. The Balaban J connectivity index is 3.25. The van der Waals surface area contributed by atoms with Crippen molar-refractivity contribution in [1.29, 1.82) is 0 Å². The zero-order chi connectivity index (χ0) is 13.8. The predicted molar refractivity (Wildman–Crippen MR) is 71.9 cm³/mol. The Morgan fingerprint density at radius 3 is 2.72 bits per heavy atom. The van der Waals surface area contributed by atoms with Gasteiger partial charge in [-0.3, -0.25) is 0 Å². The van der Waals surface area contributed by atoms with Gasteiger partial charge in [-0.05, 0) is 18.2 Å². The van der Waals surface area contributed by atoms with Crippen molar-refractivity contribution in [3.63, 3.8) is 0 Å². The minimum Gasteiger partial charge on any atom is -0.398 e. The number of nitrogens with zero attached hydrogens (tertiary/aromatic N) is 1. The fraction of sp³-hybridized carbons (Fsp3) is 0.273. The first-order valence-corrected chi connectivity index (χ1v) is 7.02. The molecule has 0 bridgehead atoms. The van der Waals surface area contributed by atoms with Crippen molar-refractivity contribution >= 4 is 27.3 Å². The molecule has 1 rings (SSSR count). The van der Waals surface area contributed by atoms with E-state index in [1.807, 2.05) is 0 Å². The third-order valence-corrected chi connectivity index (χ3v) is 4.43. The summed E-state index contributed by atoms with van der Waals surface area (Å²) in [6.07, 6.45) is 1.44. The molecular weight excluding hydrogens is 276 g/mol. The topological polar surface area (TPSA) is 83.6 Å².